The van der Waals surface area contributed by atoms with E-state index in [-0.39, 0.29) is 6.04 Å². The van der Waals surface area contributed by atoms with Crippen molar-refractivity contribution in [1.82, 2.24) is 4.90 Å². The van der Waals surface area contributed by atoms with Crippen molar-refractivity contribution in [1.29, 1.82) is 0 Å². The topological polar surface area (TPSA) is 61.8 Å². The monoisotopic (exact) mass is 231 g/mol. The van der Waals surface area contributed by atoms with E-state index in [9.17, 15) is 0 Å². The lowest BCUT2D eigenvalue weighted by molar-refractivity contribution is 0.281. The largest absolute Gasteiger partial charge is 0.409 e. The fraction of sp³-hybridized carbons (Fsp3) is 0.900. The Kier molecular flexibility index (Phi) is 5.86. The third-order valence-electron chi connectivity index (χ3n) is 2.76. The second-order valence-electron chi connectivity index (χ2n) is 3.77. The van der Waals surface area contributed by atoms with Crippen molar-refractivity contribution in [2.75, 3.05) is 24.6 Å². The zero-order valence-corrected chi connectivity index (χ0v) is 10.2. The maximum absolute atomic E-state index is 8.65. The molecule has 1 heterocycles. The minimum absolute atomic E-state index is 0.168. The van der Waals surface area contributed by atoms with Crippen molar-refractivity contribution in [3.8, 4) is 0 Å². The number of oxime groups is 1. The van der Waals surface area contributed by atoms with Gasteiger partial charge in [-0.3, -0.25) is 4.90 Å². The van der Waals surface area contributed by atoms with Gasteiger partial charge in [-0.05, 0) is 43.9 Å². The zero-order chi connectivity index (χ0) is 11.1. The van der Waals surface area contributed by atoms with Gasteiger partial charge in [-0.2, -0.15) is 11.8 Å². The molecule has 1 atom stereocenters. The number of likely N-dealkylation sites (tertiary alicyclic amines) is 1. The summed E-state index contributed by atoms with van der Waals surface area (Å²) in [4.78, 5) is 2.32. The van der Waals surface area contributed by atoms with Crippen LogP contribution in [0.5, 0.6) is 0 Å². The second kappa shape index (κ2) is 6.95. The van der Waals surface area contributed by atoms with E-state index in [2.05, 4.69) is 17.0 Å². The van der Waals surface area contributed by atoms with Crippen molar-refractivity contribution in [3.63, 3.8) is 0 Å². The maximum Gasteiger partial charge on any atom is 0.156 e. The van der Waals surface area contributed by atoms with Gasteiger partial charge in [0.05, 0.1) is 6.04 Å². The number of rotatable bonds is 6. The third kappa shape index (κ3) is 3.91. The van der Waals surface area contributed by atoms with E-state index >= 15 is 0 Å². The lowest BCUT2D eigenvalue weighted by Crippen LogP contribution is -2.41. The van der Waals surface area contributed by atoms with Crippen LogP contribution in [-0.2, 0) is 0 Å². The molecule has 1 unspecified atom stereocenters. The van der Waals surface area contributed by atoms with Gasteiger partial charge in [0.15, 0.2) is 5.84 Å². The van der Waals surface area contributed by atoms with Crippen LogP contribution in [0.2, 0.25) is 0 Å². The first kappa shape index (κ1) is 12.6. The summed E-state index contributed by atoms with van der Waals surface area (Å²) in [5.74, 6) is 2.76. The van der Waals surface area contributed by atoms with Crippen LogP contribution in [0.4, 0.5) is 0 Å². The molecule has 0 amide bonds. The Balaban J connectivity index is 2.27. The molecular formula is C10H21N3OS. The SMILES string of the molecule is CCSCCCN1CCCC1C(N)=NO. The van der Waals surface area contributed by atoms with Crippen LogP contribution in [0, 0.1) is 0 Å². The Hall–Kier alpha value is -0.420. The number of amidine groups is 1. The van der Waals surface area contributed by atoms with Gasteiger partial charge in [0.2, 0.25) is 0 Å². The predicted molar refractivity (Wildman–Crippen MR) is 65.6 cm³/mol. The van der Waals surface area contributed by atoms with E-state index in [1.165, 1.54) is 17.9 Å². The van der Waals surface area contributed by atoms with E-state index in [0.717, 1.165) is 25.9 Å². The van der Waals surface area contributed by atoms with Crippen LogP contribution in [0.15, 0.2) is 5.16 Å². The van der Waals surface area contributed by atoms with Gasteiger partial charge in [0, 0.05) is 0 Å². The van der Waals surface area contributed by atoms with Crippen LogP contribution in [0.25, 0.3) is 0 Å². The quantitative estimate of drug-likeness (QED) is 0.238. The van der Waals surface area contributed by atoms with Crippen LogP contribution in [0.3, 0.4) is 0 Å². The molecular weight excluding hydrogens is 210 g/mol. The maximum atomic E-state index is 8.65. The molecule has 1 aliphatic heterocycles. The smallest absolute Gasteiger partial charge is 0.156 e. The summed E-state index contributed by atoms with van der Waals surface area (Å²) in [5.41, 5.74) is 5.65. The first-order valence-electron chi connectivity index (χ1n) is 5.58. The lowest BCUT2D eigenvalue weighted by atomic mass is 10.2. The minimum atomic E-state index is 0.168. The highest BCUT2D eigenvalue weighted by Crippen LogP contribution is 2.18. The van der Waals surface area contributed by atoms with Gasteiger partial charge in [-0.25, -0.2) is 0 Å². The molecule has 4 nitrogen and oxygen atoms in total. The fourth-order valence-corrected chi connectivity index (χ4v) is 2.63. The van der Waals surface area contributed by atoms with Gasteiger partial charge < -0.3 is 10.9 Å². The Labute approximate surface area is 95.9 Å². The number of hydrogen-bond donors (Lipinski definition) is 2. The lowest BCUT2D eigenvalue weighted by Gasteiger charge is -2.22. The van der Waals surface area contributed by atoms with Crippen molar-refractivity contribution < 1.29 is 5.21 Å². The van der Waals surface area contributed by atoms with Gasteiger partial charge in [-0.15, -0.1) is 0 Å². The number of nitrogens with zero attached hydrogens (tertiary/aromatic N) is 2. The molecule has 0 radical (unpaired) electrons. The number of nitrogens with two attached hydrogens (primary N) is 1. The standard InChI is InChI=1S/C10H21N3OS/c1-2-15-8-4-7-13-6-3-5-9(13)10(11)12-14/h9,14H,2-8H2,1H3,(H2,11,12). The molecule has 0 spiro atoms. The molecule has 0 aromatic heterocycles. The fourth-order valence-electron chi connectivity index (χ4n) is 2.01. The first-order valence-corrected chi connectivity index (χ1v) is 6.74. The molecule has 0 aromatic rings. The summed E-state index contributed by atoms with van der Waals surface area (Å²) in [5, 5.41) is 11.8. The first-order chi connectivity index (χ1) is 7.29. The number of thioether (sulfide) groups is 1. The molecule has 0 aromatic carbocycles. The molecule has 5 heteroatoms. The highest BCUT2D eigenvalue weighted by Gasteiger charge is 2.27. The van der Waals surface area contributed by atoms with E-state index in [1.54, 1.807) is 0 Å². The Morgan fingerprint density at radius 1 is 1.67 bits per heavy atom. The van der Waals surface area contributed by atoms with Crippen molar-refractivity contribution in [2.45, 2.75) is 32.2 Å². The zero-order valence-electron chi connectivity index (χ0n) is 9.35. The highest BCUT2D eigenvalue weighted by atomic mass is 32.2. The summed E-state index contributed by atoms with van der Waals surface area (Å²) in [6, 6.07) is 0.168. The Morgan fingerprint density at radius 3 is 3.13 bits per heavy atom. The molecule has 1 aliphatic rings. The molecule has 1 rings (SSSR count). The molecule has 3 N–H and O–H groups in total. The average Bonchev–Trinajstić information content (AvgIpc) is 2.71. The molecule has 1 saturated heterocycles. The van der Waals surface area contributed by atoms with Gasteiger partial charge in [-0.1, -0.05) is 12.1 Å². The summed E-state index contributed by atoms with van der Waals surface area (Å²) < 4.78 is 0. The molecule has 0 saturated carbocycles. The van der Waals surface area contributed by atoms with Crippen molar-refractivity contribution in [3.05, 3.63) is 0 Å². The Bertz CT molecular complexity index is 211. The normalized spacial score (nSPS) is 23.5. The molecule has 15 heavy (non-hydrogen) atoms. The molecule has 0 aliphatic carbocycles. The van der Waals surface area contributed by atoms with E-state index < -0.39 is 0 Å². The van der Waals surface area contributed by atoms with E-state index in [0.29, 0.717) is 5.84 Å². The van der Waals surface area contributed by atoms with Crippen LogP contribution < -0.4 is 5.73 Å². The van der Waals surface area contributed by atoms with Crippen molar-refractivity contribution >= 4 is 17.6 Å². The van der Waals surface area contributed by atoms with Gasteiger partial charge in [0.25, 0.3) is 0 Å². The van der Waals surface area contributed by atoms with Crippen LogP contribution >= 0.6 is 11.8 Å². The average molecular weight is 231 g/mol. The summed E-state index contributed by atoms with van der Waals surface area (Å²) in [7, 11) is 0. The summed E-state index contributed by atoms with van der Waals surface area (Å²) in [6.45, 7) is 4.32. The highest BCUT2D eigenvalue weighted by molar-refractivity contribution is 7.99. The molecule has 1 fully saturated rings. The third-order valence-corrected chi connectivity index (χ3v) is 3.74. The van der Waals surface area contributed by atoms with Crippen molar-refractivity contribution in [2.24, 2.45) is 10.9 Å². The van der Waals surface area contributed by atoms with E-state index in [1.807, 2.05) is 11.8 Å². The summed E-state index contributed by atoms with van der Waals surface area (Å²) >= 11 is 1.97. The molecule has 0 bridgehead atoms. The van der Waals surface area contributed by atoms with Gasteiger partial charge >= 0.3 is 0 Å². The van der Waals surface area contributed by atoms with Crippen LogP contribution in [0.1, 0.15) is 26.2 Å². The molecule has 88 valence electrons. The predicted octanol–water partition coefficient (Wildman–Crippen LogP) is 1.34. The Morgan fingerprint density at radius 2 is 2.47 bits per heavy atom. The summed E-state index contributed by atoms with van der Waals surface area (Å²) in [6.07, 6.45) is 3.37. The van der Waals surface area contributed by atoms with Gasteiger partial charge in [0.1, 0.15) is 0 Å². The minimum Gasteiger partial charge on any atom is -0.409 e. The van der Waals surface area contributed by atoms with E-state index in [4.69, 9.17) is 10.9 Å². The number of hydrogen-bond acceptors (Lipinski definition) is 4. The second-order valence-corrected chi connectivity index (χ2v) is 5.16. The van der Waals surface area contributed by atoms with Crippen LogP contribution in [-0.4, -0.2) is 46.6 Å².